The number of carbonyl (C=O) groups excluding carboxylic acids is 1. The zero-order valence-electron chi connectivity index (χ0n) is 21.3. The lowest BCUT2D eigenvalue weighted by Crippen LogP contribution is -2.50. The van der Waals surface area contributed by atoms with Crippen molar-refractivity contribution in [3.05, 3.63) is 64.6 Å². The molecule has 10 heteroatoms. The molecule has 0 radical (unpaired) electrons. The van der Waals surface area contributed by atoms with Crippen LogP contribution in [0.1, 0.15) is 12.0 Å². The smallest absolute Gasteiger partial charge is 0.350 e. The summed E-state index contributed by atoms with van der Waals surface area (Å²) in [4.78, 5) is 37.3. The Bertz CT molecular complexity index is 1510. The third-order valence-electron chi connectivity index (χ3n) is 7.88. The van der Waals surface area contributed by atoms with Crippen LogP contribution >= 0.6 is 11.8 Å². The maximum Gasteiger partial charge on any atom is 0.350 e. The summed E-state index contributed by atoms with van der Waals surface area (Å²) in [5.74, 6) is -0.0167. The number of nitrogens with zero attached hydrogens (tertiary/aromatic N) is 5. The number of rotatable bonds is 4. The van der Waals surface area contributed by atoms with Crippen molar-refractivity contribution in [1.82, 2.24) is 19.4 Å². The number of anilines is 1. The van der Waals surface area contributed by atoms with Gasteiger partial charge in [0.1, 0.15) is 17.5 Å². The van der Waals surface area contributed by atoms with Crippen LogP contribution in [0.2, 0.25) is 0 Å². The molecule has 7 nitrogen and oxygen atoms in total. The Labute approximate surface area is 223 Å². The average molecular weight is 538 g/mol. The molecule has 4 heterocycles. The number of hydrogen-bond donors (Lipinski definition) is 0. The van der Waals surface area contributed by atoms with Crippen LogP contribution in [0.25, 0.3) is 22.0 Å². The zero-order valence-corrected chi connectivity index (χ0v) is 22.1. The molecule has 1 atom stereocenters. The minimum Gasteiger partial charge on any atom is -0.352 e. The molecule has 6 rings (SSSR count). The normalized spacial score (nSPS) is 19.8. The summed E-state index contributed by atoms with van der Waals surface area (Å²) in [5.41, 5.74) is 2.27. The van der Waals surface area contributed by atoms with E-state index in [2.05, 4.69) is 21.4 Å². The summed E-state index contributed by atoms with van der Waals surface area (Å²) in [6.07, 6.45) is 2.46. The highest BCUT2D eigenvalue weighted by Gasteiger charge is 2.32. The number of hydrogen-bond acceptors (Lipinski definition) is 6. The maximum atomic E-state index is 15.1. The Kier molecular flexibility index (Phi) is 6.47. The number of benzene rings is 2. The second-order valence-electron chi connectivity index (χ2n) is 10.1. The number of likely N-dealkylation sites (tertiary alicyclic amines) is 1. The quantitative estimate of drug-likeness (QED) is 0.474. The largest absolute Gasteiger partial charge is 0.352 e. The summed E-state index contributed by atoms with van der Waals surface area (Å²) >= 11 is 1.64. The molecular formula is C28H29F2N5O2S. The van der Waals surface area contributed by atoms with Gasteiger partial charge in [0.2, 0.25) is 5.91 Å². The summed E-state index contributed by atoms with van der Waals surface area (Å²) in [7, 11) is 0. The van der Waals surface area contributed by atoms with E-state index >= 15 is 4.39 Å². The molecule has 3 aromatic rings. The molecule has 2 saturated heterocycles. The first-order valence-corrected chi connectivity index (χ1v) is 13.9. The third-order valence-corrected chi connectivity index (χ3v) is 9.12. The molecule has 3 aliphatic heterocycles. The predicted octanol–water partition coefficient (Wildman–Crippen LogP) is 3.66. The highest BCUT2D eigenvalue weighted by Crippen LogP contribution is 2.44. The van der Waals surface area contributed by atoms with E-state index in [4.69, 9.17) is 0 Å². The second-order valence-corrected chi connectivity index (χ2v) is 11.1. The van der Waals surface area contributed by atoms with Gasteiger partial charge in [-0.1, -0.05) is 6.58 Å². The molecule has 0 aliphatic carbocycles. The fourth-order valence-corrected chi connectivity index (χ4v) is 7.18. The van der Waals surface area contributed by atoms with E-state index in [-0.39, 0.29) is 17.6 Å². The summed E-state index contributed by atoms with van der Waals surface area (Å²) in [6.45, 7) is 10.1. The van der Waals surface area contributed by atoms with Gasteiger partial charge in [-0.3, -0.25) is 14.3 Å². The van der Waals surface area contributed by atoms with Crippen molar-refractivity contribution >= 4 is 34.4 Å². The highest BCUT2D eigenvalue weighted by molar-refractivity contribution is 7.99. The SMILES string of the molecule is C=CC(=O)N1CCN(c2nc(=O)n3c4c(c(-c5ccc(F)cc5F)c(C)cc24)SCC(N2CCC2)C3)CC1. The third kappa shape index (κ3) is 4.19. The molecule has 1 unspecified atom stereocenters. The summed E-state index contributed by atoms with van der Waals surface area (Å²) in [5, 5.41) is 0.837. The van der Waals surface area contributed by atoms with Gasteiger partial charge in [-0.25, -0.2) is 13.6 Å². The van der Waals surface area contributed by atoms with Gasteiger partial charge in [0, 0.05) is 72.0 Å². The molecule has 3 aliphatic rings. The van der Waals surface area contributed by atoms with E-state index < -0.39 is 11.6 Å². The average Bonchev–Trinajstić information content (AvgIpc) is 3.06. The predicted molar refractivity (Wildman–Crippen MR) is 146 cm³/mol. The van der Waals surface area contributed by atoms with Crippen molar-refractivity contribution in [2.24, 2.45) is 0 Å². The number of aromatic nitrogens is 2. The Balaban J connectivity index is 1.53. The molecule has 2 fully saturated rings. The van der Waals surface area contributed by atoms with Gasteiger partial charge in [0.05, 0.1) is 5.52 Å². The first-order valence-electron chi connectivity index (χ1n) is 12.9. The molecule has 198 valence electrons. The fourth-order valence-electron chi connectivity index (χ4n) is 5.74. The molecule has 1 aromatic heterocycles. The lowest BCUT2D eigenvalue weighted by molar-refractivity contribution is -0.126. The van der Waals surface area contributed by atoms with Crippen LogP contribution in [-0.4, -0.2) is 76.3 Å². The van der Waals surface area contributed by atoms with Crippen LogP contribution in [0, 0.1) is 18.6 Å². The van der Waals surface area contributed by atoms with E-state index in [0.717, 1.165) is 52.7 Å². The lowest BCUT2D eigenvalue weighted by Gasteiger charge is -2.38. The molecule has 0 bridgehead atoms. The lowest BCUT2D eigenvalue weighted by atomic mass is 9.97. The van der Waals surface area contributed by atoms with Gasteiger partial charge >= 0.3 is 5.69 Å². The number of amides is 1. The molecule has 0 saturated carbocycles. The van der Waals surface area contributed by atoms with E-state index in [0.29, 0.717) is 49.7 Å². The van der Waals surface area contributed by atoms with Crippen LogP contribution in [0.15, 0.2) is 46.6 Å². The Morgan fingerprint density at radius 1 is 1.13 bits per heavy atom. The Morgan fingerprint density at radius 2 is 1.89 bits per heavy atom. The number of halogens is 2. The molecule has 38 heavy (non-hydrogen) atoms. The fraction of sp³-hybridized carbons (Fsp3) is 0.393. The van der Waals surface area contributed by atoms with Gasteiger partial charge in [-0.2, -0.15) is 4.98 Å². The van der Waals surface area contributed by atoms with Crippen molar-refractivity contribution in [2.45, 2.75) is 30.8 Å². The van der Waals surface area contributed by atoms with Crippen molar-refractivity contribution in [2.75, 3.05) is 49.9 Å². The van der Waals surface area contributed by atoms with E-state index in [9.17, 15) is 14.0 Å². The summed E-state index contributed by atoms with van der Waals surface area (Å²) < 4.78 is 30.7. The van der Waals surface area contributed by atoms with E-state index in [1.165, 1.54) is 18.2 Å². The van der Waals surface area contributed by atoms with Crippen molar-refractivity contribution < 1.29 is 13.6 Å². The maximum absolute atomic E-state index is 15.1. The molecular weight excluding hydrogens is 508 g/mol. The van der Waals surface area contributed by atoms with Crippen LogP contribution in [0.3, 0.4) is 0 Å². The number of piperazine rings is 1. The van der Waals surface area contributed by atoms with Crippen molar-refractivity contribution in [3.63, 3.8) is 0 Å². The molecule has 2 aromatic carbocycles. The minimum absolute atomic E-state index is 0.110. The van der Waals surface area contributed by atoms with Crippen molar-refractivity contribution in [3.8, 4) is 11.1 Å². The number of carbonyl (C=O) groups is 1. The van der Waals surface area contributed by atoms with Crippen LogP contribution in [0.4, 0.5) is 14.6 Å². The van der Waals surface area contributed by atoms with Gasteiger partial charge in [0.15, 0.2) is 0 Å². The van der Waals surface area contributed by atoms with Crippen molar-refractivity contribution in [1.29, 1.82) is 0 Å². The second kappa shape index (κ2) is 9.81. The van der Waals surface area contributed by atoms with Gasteiger partial charge in [-0.05, 0) is 56.3 Å². The Morgan fingerprint density at radius 3 is 2.55 bits per heavy atom. The van der Waals surface area contributed by atoms with E-state index in [1.807, 2.05) is 13.0 Å². The van der Waals surface area contributed by atoms with Gasteiger partial charge in [-0.15, -0.1) is 11.8 Å². The zero-order chi connectivity index (χ0) is 26.6. The van der Waals surface area contributed by atoms with Crippen LogP contribution in [0.5, 0.6) is 0 Å². The van der Waals surface area contributed by atoms with E-state index in [1.54, 1.807) is 21.2 Å². The monoisotopic (exact) mass is 537 g/mol. The highest BCUT2D eigenvalue weighted by atomic mass is 32.2. The van der Waals surface area contributed by atoms with Crippen LogP contribution in [-0.2, 0) is 11.3 Å². The van der Waals surface area contributed by atoms with Gasteiger partial charge < -0.3 is 9.80 Å². The topological polar surface area (TPSA) is 61.7 Å². The van der Waals surface area contributed by atoms with Crippen LogP contribution < -0.4 is 10.6 Å². The molecule has 0 N–H and O–H groups in total. The molecule has 0 spiro atoms. The summed E-state index contributed by atoms with van der Waals surface area (Å²) in [6, 6.07) is 5.79. The Hall–Kier alpha value is -3.24. The van der Waals surface area contributed by atoms with Gasteiger partial charge in [0.25, 0.3) is 0 Å². The molecule has 1 amide bonds. The first-order chi connectivity index (χ1) is 18.4. The first kappa shape index (κ1) is 25.1. The minimum atomic E-state index is -0.626. The number of aryl methyl sites for hydroxylation is 1. The number of thioether (sulfide) groups is 1. The standard InChI is InChI=1S/C28H29F2N5O2S/c1-3-23(36)33-9-11-34(12-10-33)27-21-13-17(2)24(20-6-5-18(29)14-22(20)30)26-25(21)35(28(37)31-27)15-19(16-38-26)32-7-4-8-32/h3,5-6,13-14,19H,1,4,7-12,15-16H2,2H3.